The predicted octanol–water partition coefficient (Wildman–Crippen LogP) is 2.26. The second-order valence-corrected chi connectivity index (χ2v) is 6.31. The molecule has 2 heterocycles. The van der Waals surface area contributed by atoms with E-state index in [1.165, 1.54) is 5.69 Å². The summed E-state index contributed by atoms with van der Waals surface area (Å²) >= 11 is 0. The summed E-state index contributed by atoms with van der Waals surface area (Å²) in [6.45, 7) is 6.06. The number of fused-ring (bicyclic) bond motifs is 1. The molecule has 6 nitrogen and oxygen atoms in total. The first kappa shape index (κ1) is 15.9. The summed E-state index contributed by atoms with van der Waals surface area (Å²) in [6, 6.07) is 16.4. The number of piperazine rings is 1. The molecule has 0 radical (unpaired) electrons. The quantitative estimate of drug-likeness (QED) is 0.715. The number of rotatable bonds is 5. The highest BCUT2D eigenvalue weighted by molar-refractivity contribution is 5.75. The molecule has 0 spiro atoms. The molecule has 1 saturated heterocycles. The fourth-order valence-corrected chi connectivity index (χ4v) is 3.27. The summed E-state index contributed by atoms with van der Waals surface area (Å²) < 4.78 is 5.24. The van der Waals surface area contributed by atoms with Crippen LogP contribution in [0.2, 0.25) is 0 Å². The van der Waals surface area contributed by atoms with Crippen molar-refractivity contribution in [3.8, 4) is 5.75 Å². The Balaban J connectivity index is 1.32. The highest BCUT2D eigenvalue weighted by atomic mass is 16.5. The van der Waals surface area contributed by atoms with Crippen molar-refractivity contribution in [3.05, 3.63) is 48.5 Å². The summed E-state index contributed by atoms with van der Waals surface area (Å²) in [7, 11) is 1.67. The van der Waals surface area contributed by atoms with Gasteiger partial charge in [0.2, 0.25) is 0 Å². The van der Waals surface area contributed by atoms with Crippen LogP contribution in [0.5, 0.6) is 5.75 Å². The maximum absolute atomic E-state index is 5.24. The summed E-state index contributed by atoms with van der Waals surface area (Å²) in [4.78, 5) is 6.73. The van der Waals surface area contributed by atoms with Crippen LogP contribution < -0.4 is 9.64 Å². The summed E-state index contributed by atoms with van der Waals surface area (Å²) in [5.41, 5.74) is 3.11. The van der Waals surface area contributed by atoms with Gasteiger partial charge in [0.1, 0.15) is 16.8 Å². The normalized spacial score (nSPS) is 15.6. The molecule has 3 aromatic rings. The zero-order valence-corrected chi connectivity index (χ0v) is 14.5. The van der Waals surface area contributed by atoms with Gasteiger partial charge in [0.05, 0.1) is 13.7 Å². The molecule has 1 aliphatic rings. The van der Waals surface area contributed by atoms with E-state index in [0.717, 1.165) is 56.1 Å². The van der Waals surface area contributed by atoms with Crippen molar-refractivity contribution in [3.63, 3.8) is 0 Å². The Labute approximate surface area is 147 Å². The molecular weight excluding hydrogens is 314 g/mol. The van der Waals surface area contributed by atoms with Gasteiger partial charge >= 0.3 is 0 Å². The van der Waals surface area contributed by atoms with E-state index in [-0.39, 0.29) is 0 Å². The number of ether oxygens (including phenoxy) is 1. The highest BCUT2D eigenvalue weighted by Crippen LogP contribution is 2.18. The van der Waals surface area contributed by atoms with Gasteiger partial charge in [-0.3, -0.25) is 4.90 Å². The lowest BCUT2D eigenvalue weighted by atomic mass is 10.2. The van der Waals surface area contributed by atoms with Gasteiger partial charge in [0.15, 0.2) is 0 Å². The Morgan fingerprint density at radius 1 is 0.880 bits per heavy atom. The van der Waals surface area contributed by atoms with Crippen LogP contribution in [0.25, 0.3) is 11.0 Å². The Bertz CT molecular complexity index is 824. The lowest BCUT2D eigenvalue weighted by Gasteiger charge is -2.36. The number of methoxy groups -OCH3 is 1. The minimum absolute atomic E-state index is 0.808. The summed E-state index contributed by atoms with van der Waals surface area (Å²) in [6.07, 6.45) is 0. The number of hydrogen-bond donors (Lipinski definition) is 0. The van der Waals surface area contributed by atoms with Crippen molar-refractivity contribution in [1.82, 2.24) is 19.9 Å². The lowest BCUT2D eigenvalue weighted by Crippen LogP contribution is -2.47. The van der Waals surface area contributed by atoms with Crippen molar-refractivity contribution < 1.29 is 4.74 Å². The number of para-hydroxylation sites is 1. The molecule has 1 aliphatic heterocycles. The molecule has 6 heteroatoms. The number of hydrogen-bond acceptors (Lipinski definition) is 5. The Kier molecular flexibility index (Phi) is 4.52. The van der Waals surface area contributed by atoms with Crippen LogP contribution in [0.3, 0.4) is 0 Å². The molecule has 0 atom stereocenters. The maximum atomic E-state index is 5.24. The fraction of sp³-hybridized carbons (Fsp3) is 0.368. The van der Waals surface area contributed by atoms with Crippen molar-refractivity contribution in [2.24, 2.45) is 0 Å². The van der Waals surface area contributed by atoms with Gasteiger partial charge in [-0.15, -0.1) is 0 Å². The van der Waals surface area contributed by atoms with Gasteiger partial charge in [-0.1, -0.05) is 18.2 Å². The Morgan fingerprint density at radius 3 is 2.40 bits per heavy atom. The molecule has 25 heavy (non-hydrogen) atoms. The van der Waals surface area contributed by atoms with E-state index in [9.17, 15) is 0 Å². The highest BCUT2D eigenvalue weighted by Gasteiger charge is 2.17. The van der Waals surface area contributed by atoms with E-state index in [4.69, 9.17) is 4.74 Å². The van der Waals surface area contributed by atoms with E-state index >= 15 is 0 Å². The zero-order valence-electron chi connectivity index (χ0n) is 14.5. The minimum atomic E-state index is 0.808. The van der Waals surface area contributed by atoms with Gasteiger partial charge in [0, 0.05) is 44.5 Å². The van der Waals surface area contributed by atoms with Crippen molar-refractivity contribution >= 4 is 16.7 Å². The standard InChI is InChI=1S/C19H23N5O/c1-25-17-7-8-18-19(15-17)21-24(20-18)14-11-22-9-12-23(13-10-22)16-5-3-2-4-6-16/h2-8,15H,9-14H2,1H3. The van der Waals surface area contributed by atoms with E-state index < -0.39 is 0 Å². The molecule has 0 bridgehead atoms. The SMILES string of the molecule is COc1ccc2nn(CCN3CCN(c4ccccc4)CC3)nc2c1. The van der Waals surface area contributed by atoms with Crippen molar-refractivity contribution in [1.29, 1.82) is 0 Å². The lowest BCUT2D eigenvalue weighted by molar-refractivity contribution is 0.240. The molecule has 1 fully saturated rings. The fourth-order valence-electron chi connectivity index (χ4n) is 3.27. The number of benzene rings is 2. The molecule has 130 valence electrons. The Morgan fingerprint density at radius 2 is 1.64 bits per heavy atom. The number of nitrogens with zero attached hydrogens (tertiary/aromatic N) is 5. The van der Waals surface area contributed by atoms with Crippen LogP contribution in [-0.4, -0.2) is 59.7 Å². The summed E-state index contributed by atoms with van der Waals surface area (Å²) in [5, 5.41) is 9.10. The van der Waals surface area contributed by atoms with Gasteiger partial charge in [0.25, 0.3) is 0 Å². The maximum Gasteiger partial charge on any atom is 0.121 e. The molecule has 0 aliphatic carbocycles. The second kappa shape index (κ2) is 7.11. The predicted molar refractivity (Wildman–Crippen MR) is 99.2 cm³/mol. The van der Waals surface area contributed by atoms with E-state index in [2.05, 4.69) is 50.3 Å². The molecular formula is C19H23N5O. The average molecular weight is 337 g/mol. The van der Waals surface area contributed by atoms with Crippen LogP contribution in [0, 0.1) is 0 Å². The van der Waals surface area contributed by atoms with Gasteiger partial charge in [-0.25, -0.2) is 0 Å². The van der Waals surface area contributed by atoms with Crippen LogP contribution in [-0.2, 0) is 6.54 Å². The van der Waals surface area contributed by atoms with E-state index in [1.54, 1.807) is 11.9 Å². The first-order chi connectivity index (χ1) is 12.3. The molecule has 2 aromatic carbocycles. The van der Waals surface area contributed by atoms with Crippen molar-refractivity contribution in [2.75, 3.05) is 44.7 Å². The van der Waals surface area contributed by atoms with Gasteiger partial charge in [-0.05, 0) is 24.3 Å². The molecule has 0 amide bonds. The van der Waals surface area contributed by atoms with Crippen LogP contribution >= 0.6 is 0 Å². The molecule has 0 N–H and O–H groups in total. The van der Waals surface area contributed by atoms with Crippen LogP contribution in [0.15, 0.2) is 48.5 Å². The van der Waals surface area contributed by atoms with Crippen LogP contribution in [0.4, 0.5) is 5.69 Å². The number of aromatic nitrogens is 3. The van der Waals surface area contributed by atoms with Gasteiger partial charge in [-0.2, -0.15) is 15.0 Å². The van der Waals surface area contributed by atoms with Crippen molar-refractivity contribution in [2.45, 2.75) is 6.54 Å². The Hall–Kier alpha value is -2.60. The first-order valence-corrected chi connectivity index (χ1v) is 8.73. The smallest absolute Gasteiger partial charge is 0.121 e. The van der Waals surface area contributed by atoms with Gasteiger partial charge < -0.3 is 9.64 Å². The topological polar surface area (TPSA) is 46.4 Å². The summed E-state index contributed by atoms with van der Waals surface area (Å²) in [5.74, 6) is 0.816. The first-order valence-electron chi connectivity index (χ1n) is 8.73. The number of anilines is 1. The average Bonchev–Trinajstić information content (AvgIpc) is 3.09. The molecule has 0 unspecified atom stereocenters. The molecule has 0 saturated carbocycles. The van der Waals surface area contributed by atoms with E-state index in [1.807, 2.05) is 18.2 Å². The zero-order chi connectivity index (χ0) is 17.1. The largest absolute Gasteiger partial charge is 0.497 e. The third-order valence-corrected chi connectivity index (χ3v) is 4.74. The van der Waals surface area contributed by atoms with E-state index in [0.29, 0.717) is 0 Å². The minimum Gasteiger partial charge on any atom is -0.497 e. The van der Waals surface area contributed by atoms with Crippen LogP contribution in [0.1, 0.15) is 0 Å². The third-order valence-electron chi connectivity index (χ3n) is 4.74. The second-order valence-electron chi connectivity index (χ2n) is 6.31. The monoisotopic (exact) mass is 337 g/mol. The molecule has 1 aromatic heterocycles. The third kappa shape index (κ3) is 3.58. The molecule has 4 rings (SSSR count).